The fourth-order valence-corrected chi connectivity index (χ4v) is 3.26. The van der Waals surface area contributed by atoms with Crippen LogP contribution in [-0.2, 0) is 4.79 Å². The number of nitrogens with zero attached hydrogens (tertiary/aromatic N) is 1. The molecule has 0 spiro atoms. The van der Waals surface area contributed by atoms with Crippen molar-refractivity contribution in [2.24, 2.45) is 5.10 Å². The second-order valence-corrected chi connectivity index (χ2v) is 7.27. The molecule has 4 N–H and O–H groups in total. The molecule has 0 aliphatic rings. The number of nitrogens with one attached hydrogen (secondary N) is 2. The first kappa shape index (κ1) is 20.8. The van der Waals surface area contributed by atoms with Crippen LogP contribution >= 0.6 is 11.3 Å². The molecule has 0 radical (unpaired) electrons. The van der Waals surface area contributed by atoms with E-state index in [0.717, 1.165) is 4.88 Å². The number of aromatic hydroxyl groups is 2. The van der Waals surface area contributed by atoms with Gasteiger partial charge in [-0.25, -0.2) is 5.43 Å². The summed E-state index contributed by atoms with van der Waals surface area (Å²) in [6.45, 7) is 1.69. The van der Waals surface area contributed by atoms with E-state index in [1.807, 2.05) is 17.5 Å². The Morgan fingerprint density at radius 2 is 1.83 bits per heavy atom. The van der Waals surface area contributed by atoms with Crippen LogP contribution in [0.4, 0.5) is 0 Å². The summed E-state index contributed by atoms with van der Waals surface area (Å²) in [7, 11) is 0. The molecule has 2 amide bonds. The van der Waals surface area contributed by atoms with E-state index in [9.17, 15) is 19.8 Å². The molecule has 7 nitrogen and oxygen atoms in total. The lowest BCUT2D eigenvalue weighted by atomic mass is 10.1. The Morgan fingerprint density at radius 3 is 2.50 bits per heavy atom. The Morgan fingerprint density at radius 1 is 1.07 bits per heavy atom. The van der Waals surface area contributed by atoms with Crippen LogP contribution in [0.3, 0.4) is 0 Å². The highest BCUT2D eigenvalue weighted by atomic mass is 32.1. The molecular formula is C22H19N3O4S. The minimum absolute atomic E-state index is 0.0232. The lowest BCUT2D eigenvalue weighted by Crippen LogP contribution is -2.32. The van der Waals surface area contributed by atoms with Gasteiger partial charge in [0.1, 0.15) is 17.2 Å². The predicted octanol–water partition coefficient (Wildman–Crippen LogP) is 3.39. The molecule has 3 rings (SSSR count). The standard InChI is InChI=1S/C22H19N3O4S/c1-14-10-16(26)11-20(27)18(14)13-23-25-22(29)19(12-17-8-5-9-30-17)24-21(28)15-6-3-2-4-7-15/h2-13,26-27H,1H3,(H,24,28)(H,25,29)/b19-12?,23-13+. The molecule has 0 atom stereocenters. The maximum absolute atomic E-state index is 12.6. The van der Waals surface area contributed by atoms with Crippen molar-refractivity contribution in [3.8, 4) is 11.5 Å². The molecule has 0 saturated heterocycles. The van der Waals surface area contributed by atoms with Gasteiger partial charge in [0, 0.05) is 22.1 Å². The van der Waals surface area contributed by atoms with Gasteiger partial charge >= 0.3 is 0 Å². The Labute approximate surface area is 177 Å². The molecule has 8 heteroatoms. The van der Waals surface area contributed by atoms with Crippen molar-refractivity contribution in [3.63, 3.8) is 0 Å². The third kappa shape index (κ3) is 5.33. The molecule has 3 aromatic rings. The van der Waals surface area contributed by atoms with E-state index in [-0.39, 0.29) is 17.2 Å². The number of amides is 2. The van der Waals surface area contributed by atoms with Crippen molar-refractivity contribution < 1.29 is 19.8 Å². The Balaban J connectivity index is 1.78. The molecule has 2 aromatic carbocycles. The fourth-order valence-electron chi connectivity index (χ4n) is 2.60. The lowest BCUT2D eigenvalue weighted by molar-refractivity contribution is -0.117. The number of aryl methyl sites for hydroxylation is 1. The van der Waals surface area contributed by atoms with Crippen LogP contribution in [0.25, 0.3) is 6.08 Å². The van der Waals surface area contributed by atoms with Crippen molar-refractivity contribution >= 4 is 35.4 Å². The lowest BCUT2D eigenvalue weighted by Gasteiger charge is -2.09. The zero-order valence-corrected chi connectivity index (χ0v) is 16.8. The monoisotopic (exact) mass is 421 g/mol. The van der Waals surface area contributed by atoms with E-state index in [1.165, 1.54) is 29.7 Å². The Hall–Kier alpha value is -3.91. The number of thiophene rings is 1. The minimum Gasteiger partial charge on any atom is -0.508 e. The average Bonchev–Trinajstić information content (AvgIpc) is 3.23. The van der Waals surface area contributed by atoms with Gasteiger partial charge in [-0.3, -0.25) is 9.59 Å². The summed E-state index contributed by atoms with van der Waals surface area (Å²) in [6.07, 6.45) is 2.82. The summed E-state index contributed by atoms with van der Waals surface area (Å²) in [5.41, 5.74) is 3.72. The van der Waals surface area contributed by atoms with Gasteiger partial charge in [-0.15, -0.1) is 11.3 Å². The molecule has 0 fully saturated rings. The summed E-state index contributed by atoms with van der Waals surface area (Å²) in [5.74, 6) is -1.29. The van der Waals surface area contributed by atoms with Crippen molar-refractivity contribution in [1.82, 2.24) is 10.7 Å². The van der Waals surface area contributed by atoms with E-state index in [1.54, 1.807) is 43.3 Å². The zero-order valence-electron chi connectivity index (χ0n) is 16.0. The van der Waals surface area contributed by atoms with Gasteiger partial charge in [-0.2, -0.15) is 5.10 Å². The molecule has 1 heterocycles. The number of carbonyl (C=O) groups excluding carboxylic acids is 2. The van der Waals surface area contributed by atoms with E-state index >= 15 is 0 Å². The number of carbonyl (C=O) groups is 2. The van der Waals surface area contributed by atoms with Crippen LogP contribution in [0.5, 0.6) is 11.5 Å². The quantitative estimate of drug-likeness (QED) is 0.278. The molecule has 0 aliphatic carbocycles. The van der Waals surface area contributed by atoms with Crippen LogP contribution < -0.4 is 10.7 Å². The minimum atomic E-state index is -0.625. The number of phenols is 2. The predicted molar refractivity (Wildman–Crippen MR) is 116 cm³/mol. The summed E-state index contributed by atoms with van der Waals surface area (Å²) in [4.78, 5) is 25.9. The smallest absolute Gasteiger partial charge is 0.287 e. The van der Waals surface area contributed by atoms with Crippen molar-refractivity contribution in [3.05, 3.63) is 87.2 Å². The van der Waals surface area contributed by atoms with Gasteiger partial charge < -0.3 is 15.5 Å². The van der Waals surface area contributed by atoms with Crippen LogP contribution in [0.1, 0.15) is 26.4 Å². The van der Waals surface area contributed by atoms with Crippen LogP contribution in [-0.4, -0.2) is 28.2 Å². The molecule has 0 aliphatic heterocycles. The molecular weight excluding hydrogens is 402 g/mol. The second kappa shape index (κ2) is 9.53. The van der Waals surface area contributed by atoms with Crippen molar-refractivity contribution in [2.75, 3.05) is 0 Å². The maximum Gasteiger partial charge on any atom is 0.287 e. The highest BCUT2D eigenvalue weighted by Crippen LogP contribution is 2.25. The molecule has 0 unspecified atom stereocenters. The van der Waals surface area contributed by atoms with E-state index in [2.05, 4.69) is 15.8 Å². The van der Waals surface area contributed by atoms with Crippen molar-refractivity contribution in [2.45, 2.75) is 6.92 Å². The zero-order chi connectivity index (χ0) is 21.5. The van der Waals surface area contributed by atoms with E-state index < -0.39 is 11.8 Å². The van der Waals surface area contributed by atoms with Gasteiger partial charge in [0.15, 0.2) is 0 Å². The van der Waals surface area contributed by atoms with Crippen LogP contribution in [0.15, 0.2) is 70.8 Å². The number of phenolic OH excluding ortho intramolecular Hbond substituents is 2. The number of hydrogen-bond donors (Lipinski definition) is 4. The van der Waals surface area contributed by atoms with Gasteiger partial charge in [0.25, 0.3) is 11.8 Å². The van der Waals surface area contributed by atoms with Crippen LogP contribution in [0, 0.1) is 6.92 Å². The Bertz CT molecular complexity index is 1080. The third-order valence-corrected chi connectivity index (χ3v) is 4.89. The normalized spacial score (nSPS) is 11.4. The summed E-state index contributed by atoms with van der Waals surface area (Å²) < 4.78 is 0. The summed E-state index contributed by atoms with van der Waals surface area (Å²) >= 11 is 1.41. The molecule has 0 saturated carbocycles. The van der Waals surface area contributed by atoms with Gasteiger partial charge in [-0.05, 0) is 48.2 Å². The number of rotatable bonds is 6. The molecule has 0 bridgehead atoms. The first-order valence-corrected chi connectivity index (χ1v) is 9.79. The number of hydrogen-bond acceptors (Lipinski definition) is 6. The number of hydrazone groups is 1. The first-order chi connectivity index (χ1) is 14.4. The van der Waals surface area contributed by atoms with Crippen LogP contribution in [0.2, 0.25) is 0 Å². The highest BCUT2D eigenvalue weighted by molar-refractivity contribution is 7.10. The SMILES string of the molecule is Cc1cc(O)cc(O)c1/C=N/NC(=O)C(=Cc1cccs1)NC(=O)c1ccccc1. The number of benzene rings is 2. The van der Waals surface area contributed by atoms with Gasteiger partial charge in [-0.1, -0.05) is 24.3 Å². The van der Waals surface area contributed by atoms with Gasteiger partial charge in [0.05, 0.1) is 6.21 Å². The topological polar surface area (TPSA) is 111 Å². The van der Waals surface area contributed by atoms with E-state index in [4.69, 9.17) is 0 Å². The maximum atomic E-state index is 12.6. The largest absolute Gasteiger partial charge is 0.508 e. The van der Waals surface area contributed by atoms with Crippen molar-refractivity contribution in [1.29, 1.82) is 0 Å². The summed E-state index contributed by atoms with van der Waals surface area (Å²) in [6, 6.07) is 14.8. The fraction of sp³-hybridized carbons (Fsp3) is 0.0455. The highest BCUT2D eigenvalue weighted by Gasteiger charge is 2.14. The molecule has 152 valence electrons. The summed E-state index contributed by atoms with van der Waals surface area (Å²) in [5, 5.41) is 27.8. The molecule has 1 aromatic heterocycles. The molecule has 30 heavy (non-hydrogen) atoms. The second-order valence-electron chi connectivity index (χ2n) is 6.29. The van der Waals surface area contributed by atoms with E-state index in [0.29, 0.717) is 16.7 Å². The third-order valence-electron chi connectivity index (χ3n) is 4.07. The Kier molecular flexibility index (Phi) is 6.61. The average molecular weight is 421 g/mol. The van der Waals surface area contributed by atoms with Gasteiger partial charge in [0.2, 0.25) is 0 Å². The first-order valence-electron chi connectivity index (χ1n) is 8.91.